The minimum absolute atomic E-state index is 0.0374. The van der Waals surface area contributed by atoms with Crippen LogP contribution >= 0.6 is 0 Å². The van der Waals surface area contributed by atoms with Gasteiger partial charge in [-0.25, -0.2) is 0 Å². The summed E-state index contributed by atoms with van der Waals surface area (Å²) in [6, 6.07) is 7.48. The van der Waals surface area contributed by atoms with Crippen molar-refractivity contribution in [3.63, 3.8) is 0 Å². The largest absolute Gasteiger partial charge is 0.351 e. The summed E-state index contributed by atoms with van der Waals surface area (Å²) < 4.78 is 0. The van der Waals surface area contributed by atoms with Gasteiger partial charge in [-0.3, -0.25) is 19.6 Å². The van der Waals surface area contributed by atoms with E-state index in [-0.39, 0.29) is 11.8 Å². The summed E-state index contributed by atoms with van der Waals surface area (Å²) in [5.41, 5.74) is 2.62. The molecule has 1 atom stereocenters. The second-order valence-corrected chi connectivity index (χ2v) is 5.58. The van der Waals surface area contributed by atoms with Crippen LogP contribution in [0.3, 0.4) is 0 Å². The van der Waals surface area contributed by atoms with Crippen LogP contribution in [0.1, 0.15) is 29.7 Å². The predicted molar refractivity (Wildman–Crippen MR) is 84.2 cm³/mol. The fourth-order valence-corrected chi connectivity index (χ4v) is 2.74. The van der Waals surface area contributed by atoms with Gasteiger partial charge < -0.3 is 10.2 Å². The normalized spacial score (nSPS) is 16.6. The van der Waals surface area contributed by atoms with E-state index >= 15 is 0 Å². The molecular formula is C17H18N4O2. The first-order valence-electron chi connectivity index (χ1n) is 7.51. The zero-order valence-electron chi connectivity index (χ0n) is 12.9. The third-order valence-electron chi connectivity index (χ3n) is 3.97. The number of nitrogens with zero attached hydrogens (tertiary/aromatic N) is 3. The highest BCUT2D eigenvalue weighted by Crippen LogP contribution is 2.26. The number of carbonyl (C=O) groups excluding carboxylic acids is 2. The molecule has 3 heterocycles. The van der Waals surface area contributed by atoms with Gasteiger partial charge in [-0.15, -0.1) is 0 Å². The molecule has 2 aromatic rings. The number of fused-ring (bicyclic) bond motifs is 1. The second kappa shape index (κ2) is 6.56. The monoisotopic (exact) mass is 310 g/mol. The Morgan fingerprint density at radius 2 is 2.13 bits per heavy atom. The molecule has 1 unspecified atom stereocenters. The van der Waals surface area contributed by atoms with E-state index in [1.165, 1.54) is 6.92 Å². The first-order valence-corrected chi connectivity index (χ1v) is 7.51. The van der Waals surface area contributed by atoms with Gasteiger partial charge in [-0.1, -0.05) is 12.1 Å². The average Bonchev–Trinajstić information content (AvgIpc) is 2.59. The molecule has 0 radical (unpaired) electrons. The van der Waals surface area contributed by atoms with Crippen molar-refractivity contribution >= 4 is 11.8 Å². The lowest BCUT2D eigenvalue weighted by Crippen LogP contribution is -2.43. The third kappa shape index (κ3) is 3.36. The van der Waals surface area contributed by atoms with Gasteiger partial charge in [0.2, 0.25) is 11.8 Å². The van der Waals surface area contributed by atoms with Gasteiger partial charge in [0, 0.05) is 45.1 Å². The fourth-order valence-electron chi connectivity index (χ4n) is 2.74. The Labute approximate surface area is 134 Å². The molecular weight excluding hydrogens is 292 g/mol. The molecule has 0 fully saturated rings. The van der Waals surface area contributed by atoms with Crippen LogP contribution in [0.5, 0.6) is 0 Å². The lowest BCUT2D eigenvalue weighted by molar-refractivity contribution is -0.131. The Kier molecular flexibility index (Phi) is 4.32. The number of amides is 2. The van der Waals surface area contributed by atoms with Gasteiger partial charge >= 0.3 is 0 Å². The van der Waals surface area contributed by atoms with Crippen LogP contribution in [0.15, 0.2) is 42.9 Å². The molecule has 1 aliphatic rings. The van der Waals surface area contributed by atoms with Gasteiger partial charge in [0.15, 0.2) is 0 Å². The van der Waals surface area contributed by atoms with Crippen molar-refractivity contribution in [1.82, 2.24) is 20.2 Å². The number of aromatic nitrogens is 2. The van der Waals surface area contributed by atoms with Gasteiger partial charge in [0.05, 0.1) is 11.6 Å². The van der Waals surface area contributed by atoms with E-state index < -0.39 is 5.92 Å². The highest BCUT2D eigenvalue weighted by molar-refractivity contribution is 5.85. The maximum absolute atomic E-state index is 12.6. The molecule has 6 heteroatoms. The Morgan fingerprint density at radius 3 is 2.87 bits per heavy atom. The van der Waals surface area contributed by atoms with E-state index in [0.29, 0.717) is 19.6 Å². The van der Waals surface area contributed by atoms with Gasteiger partial charge in [-0.2, -0.15) is 0 Å². The molecule has 2 amide bonds. The molecule has 0 saturated heterocycles. The average molecular weight is 310 g/mol. The van der Waals surface area contributed by atoms with E-state index in [2.05, 4.69) is 15.3 Å². The molecule has 0 aromatic carbocycles. The highest BCUT2D eigenvalue weighted by atomic mass is 16.2. The molecule has 0 saturated carbocycles. The molecule has 0 aliphatic carbocycles. The number of rotatable bonds is 3. The van der Waals surface area contributed by atoms with Crippen molar-refractivity contribution in [3.8, 4) is 0 Å². The summed E-state index contributed by atoms with van der Waals surface area (Å²) in [7, 11) is 0. The fraction of sp³-hybridized carbons (Fsp3) is 0.294. The lowest BCUT2D eigenvalue weighted by Gasteiger charge is -2.32. The molecule has 0 spiro atoms. The Bertz CT molecular complexity index is 718. The predicted octanol–water partition coefficient (Wildman–Crippen LogP) is 1.24. The van der Waals surface area contributed by atoms with Crippen LogP contribution in [-0.4, -0.2) is 33.2 Å². The summed E-state index contributed by atoms with van der Waals surface area (Å²) in [5.74, 6) is -0.607. The number of hydrogen-bond donors (Lipinski definition) is 1. The summed E-state index contributed by atoms with van der Waals surface area (Å²) in [6.07, 6.45) is 5.09. The Morgan fingerprint density at radius 1 is 1.30 bits per heavy atom. The van der Waals surface area contributed by atoms with E-state index in [4.69, 9.17) is 0 Å². The Hall–Kier alpha value is -2.76. The van der Waals surface area contributed by atoms with Gasteiger partial charge in [-0.05, 0) is 23.3 Å². The van der Waals surface area contributed by atoms with Crippen LogP contribution in [0, 0.1) is 0 Å². The smallest absolute Gasteiger partial charge is 0.231 e. The zero-order valence-corrected chi connectivity index (χ0v) is 12.9. The van der Waals surface area contributed by atoms with Crippen molar-refractivity contribution in [2.45, 2.75) is 25.9 Å². The summed E-state index contributed by atoms with van der Waals surface area (Å²) in [5, 5.41) is 2.91. The number of nitrogens with one attached hydrogen (secondary N) is 1. The maximum atomic E-state index is 12.6. The molecule has 23 heavy (non-hydrogen) atoms. The van der Waals surface area contributed by atoms with Crippen LogP contribution in [0.25, 0.3) is 0 Å². The molecule has 1 N–H and O–H groups in total. The molecule has 118 valence electrons. The number of carbonyl (C=O) groups is 2. The van der Waals surface area contributed by atoms with Crippen molar-refractivity contribution in [1.29, 1.82) is 0 Å². The molecule has 2 aromatic heterocycles. The highest BCUT2D eigenvalue weighted by Gasteiger charge is 2.32. The maximum Gasteiger partial charge on any atom is 0.231 e. The lowest BCUT2D eigenvalue weighted by atomic mass is 9.93. The standard InChI is InChI=1S/C17H18N4O2/c1-12(22)21-10-14-5-3-7-19-16(14)15(11-21)17(23)20-9-13-4-2-6-18-8-13/h2-8,15H,9-11H2,1H3,(H,20,23). The molecule has 6 nitrogen and oxygen atoms in total. The Balaban J connectivity index is 1.77. The second-order valence-electron chi connectivity index (χ2n) is 5.58. The van der Waals surface area contributed by atoms with Gasteiger partial charge in [0.25, 0.3) is 0 Å². The van der Waals surface area contributed by atoms with Crippen molar-refractivity contribution in [3.05, 3.63) is 59.7 Å². The van der Waals surface area contributed by atoms with E-state index in [1.54, 1.807) is 23.5 Å². The van der Waals surface area contributed by atoms with Crippen LogP contribution in [0.2, 0.25) is 0 Å². The quantitative estimate of drug-likeness (QED) is 0.925. The van der Waals surface area contributed by atoms with E-state index in [9.17, 15) is 9.59 Å². The van der Waals surface area contributed by atoms with Crippen molar-refractivity contribution in [2.75, 3.05) is 6.54 Å². The molecule has 0 bridgehead atoms. The van der Waals surface area contributed by atoms with E-state index in [1.807, 2.05) is 24.3 Å². The van der Waals surface area contributed by atoms with Crippen LogP contribution in [0.4, 0.5) is 0 Å². The summed E-state index contributed by atoms with van der Waals surface area (Å²) in [6.45, 7) is 2.79. The number of pyridine rings is 2. The van der Waals surface area contributed by atoms with Crippen LogP contribution < -0.4 is 5.32 Å². The zero-order chi connectivity index (χ0) is 16.2. The number of hydrogen-bond acceptors (Lipinski definition) is 4. The SMILES string of the molecule is CC(=O)N1Cc2cccnc2C(C(=O)NCc2cccnc2)C1. The topological polar surface area (TPSA) is 75.2 Å². The van der Waals surface area contributed by atoms with Crippen molar-refractivity contribution in [2.24, 2.45) is 0 Å². The molecule has 1 aliphatic heterocycles. The third-order valence-corrected chi connectivity index (χ3v) is 3.97. The summed E-state index contributed by atoms with van der Waals surface area (Å²) in [4.78, 5) is 34.4. The van der Waals surface area contributed by atoms with E-state index in [0.717, 1.165) is 16.8 Å². The first kappa shape index (κ1) is 15.1. The van der Waals surface area contributed by atoms with Gasteiger partial charge in [0.1, 0.15) is 0 Å². The minimum Gasteiger partial charge on any atom is -0.351 e. The summed E-state index contributed by atoms with van der Waals surface area (Å²) >= 11 is 0. The molecule has 3 rings (SSSR count). The van der Waals surface area contributed by atoms with Crippen molar-refractivity contribution < 1.29 is 9.59 Å². The minimum atomic E-state index is -0.444. The first-order chi connectivity index (χ1) is 11.1. The van der Waals surface area contributed by atoms with Crippen LogP contribution in [-0.2, 0) is 22.7 Å².